The Morgan fingerprint density at radius 1 is 0.829 bits per heavy atom. The summed E-state index contributed by atoms with van der Waals surface area (Å²) in [5.74, 6) is -2.41. The first kappa shape index (κ1) is 23.2. The van der Waals surface area contributed by atoms with Gasteiger partial charge in [0, 0.05) is 24.9 Å². The van der Waals surface area contributed by atoms with E-state index in [9.17, 15) is 24.9 Å². The van der Waals surface area contributed by atoms with Crippen LogP contribution in [-0.2, 0) is 0 Å². The van der Waals surface area contributed by atoms with Crippen LogP contribution in [0.15, 0.2) is 83.0 Å². The number of fused-ring (bicyclic) bond motifs is 1. The number of hydrogen-bond donors (Lipinski definition) is 4. The first-order chi connectivity index (χ1) is 16.8. The minimum atomic E-state index is -1.30. The lowest BCUT2D eigenvalue weighted by atomic mass is 10.0. The van der Waals surface area contributed by atoms with E-state index in [0.29, 0.717) is 22.1 Å². The van der Waals surface area contributed by atoms with Gasteiger partial charge in [0.15, 0.2) is 0 Å². The molecular weight excluding hydrogens is 448 g/mol. The Bertz CT molecular complexity index is 1480. The molecule has 0 fully saturated rings. The summed E-state index contributed by atoms with van der Waals surface area (Å²) >= 11 is 0. The van der Waals surface area contributed by atoms with Crippen LogP contribution in [0.25, 0.3) is 10.8 Å². The Balaban J connectivity index is 1.77. The Morgan fingerprint density at radius 3 is 2.23 bits per heavy atom. The number of benzene rings is 4. The van der Waals surface area contributed by atoms with Crippen molar-refractivity contribution in [3.63, 3.8) is 0 Å². The molecule has 4 aromatic rings. The predicted octanol–water partition coefficient (Wildman–Crippen LogP) is 5.68. The molecule has 4 N–H and O–H groups in total. The lowest BCUT2D eigenvalue weighted by Gasteiger charge is -2.18. The number of carboxylic acid groups (broad SMARTS) is 1. The van der Waals surface area contributed by atoms with Gasteiger partial charge in [-0.2, -0.15) is 5.11 Å². The number of rotatable bonds is 6. The third-order valence-corrected chi connectivity index (χ3v) is 5.36. The van der Waals surface area contributed by atoms with Crippen molar-refractivity contribution in [2.75, 3.05) is 24.3 Å². The van der Waals surface area contributed by atoms with Crippen LogP contribution in [0.2, 0.25) is 0 Å². The molecule has 4 aromatic carbocycles. The molecule has 176 valence electrons. The summed E-state index contributed by atoms with van der Waals surface area (Å²) in [5, 5.41) is 41.9. The van der Waals surface area contributed by atoms with Crippen LogP contribution in [0.4, 0.5) is 22.7 Å². The number of hydrogen-bond acceptors (Lipinski definition) is 7. The number of carbonyl (C=O) groups excluding carboxylic acids is 1. The smallest absolute Gasteiger partial charge is 0.339 e. The number of nitrogens with one attached hydrogen (secondary N) is 1. The third-order valence-electron chi connectivity index (χ3n) is 5.36. The van der Waals surface area contributed by atoms with E-state index in [-0.39, 0.29) is 28.3 Å². The van der Waals surface area contributed by atoms with Gasteiger partial charge in [0.1, 0.15) is 17.1 Å². The second-order valence-corrected chi connectivity index (χ2v) is 7.91. The Labute approximate surface area is 200 Å². The van der Waals surface area contributed by atoms with Crippen molar-refractivity contribution in [3.8, 4) is 11.5 Å². The quantitative estimate of drug-likeness (QED) is 0.268. The van der Waals surface area contributed by atoms with Crippen molar-refractivity contribution < 1.29 is 24.9 Å². The van der Waals surface area contributed by atoms with E-state index < -0.39 is 11.9 Å². The molecule has 0 bridgehead atoms. The number of aromatic carboxylic acids is 1. The van der Waals surface area contributed by atoms with Gasteiger partial charge in [-0.05, 0) is 36.4 Å². The number of carbonyl (C=O) groups is 2. The topological polar surface area (TPSA) is 135 Å². The molecule has 35 heavy (non-hydrogen) atoms. The van der Waals surface area contributed by atoms with E-state index >= 15 is 0 Å². The van der Waals surface area contributed by atoms with Crippen molar-refractivity contribution in [1.82, 2.24) is 0 Å². The van der Waals surface area contributed by atoms with E-state index in [4.69, 9.17) is 0 Å². The van der Waals surface area contributed by atoms with Crippen LogP contribution >= 0.6 is 0 Å². The lowest BCUT2D eigenvalue weighted by molar-refractivity contribution is 0.0693. The predicted molar refractivity (Wildman–Crippen MR) is 134 cm³/mol. The highest BCUT2D eigenvalue weighted by molar-refractivity contribution is 6.13. The first-order valence-corrected chi connectivity index (χ1v) is 10.6. The summed E-state index contributed by atoms with van der Waals surface area (Å²) < 4.78 is 0. The Morgan fingerprint density at radius 2 is 1.51 bits per heavy atom. The molecule has 0 spiro atoms. The Hall–Kier alpha value is -4.92. The zero-order valence-electron chi connectivity index (χ0n) is 18.9. The maximum Gasteiger partial charge on any atom is 0.339 e. The Kier molecular flexibility index (Phi) is 6.32. The van der Waals surface area contributed by atoms with Crippen molar-refractivity contribution in [3.05, 3.63) is 83.9 Å². The molecule has 0 radical (unpaired) electrons. The average molecular weight is 470 g/mol. The highest BCUT2D eigenvalue weighted by Gasteiger charge is 2.19. The van der Waals surface area contributed by atoms with Gasteiger partial charge in [-0.25, -0.2) is 4.79 Å². The summed E-state index contributed by atoms with van der Waals surface area (Å²) in [6.45, 7) is 0. The summed E-state index contributed by atoms with van der Waals surface area (Å²) in [4.78, 5) is 26.3. The van der Waals surface area contributed by atoms with Gasteiger partial charge >= 0.3 is 5.97 Å². The molecule has 1 amide bonds. The standard InChI is InChI=1S/C26H22N4O5/c1-30(2)22-10-6-5-9-20(22)27-25(33)19-14-21(16-7-3-4-8-17(16)24(19)32)29-28-15-11-12-23(31)18(13-15)26(34)35/h3-14,31-32H,1-2H3,(H,27,33)(H,34,35). The van der Waals surface area contributed by atoms with Crippen LogP contribution in [0.5, 0.6) is 11.5 Å². The van der Waals surface area contributed by atoms with Crippen LogP contribution in [0.1, 0.15) is 20.7 Å². The summed E-state index contributed by atoms with van der Waals surface area (Å²) in [5.41, 5.74) is 1.56. The van der Waals surface area contributed by atoms with Crippen molar-refractivity contribution in [1.29, 1.82) is 0 Å². The van der Waals surface area contributed by atoms with Gasteiger partial charge in [0.05, 0.1) is 28.3 Å². The molecule has 0 atom stereocenters. The van der Waals surface area contributed by atoms with Crippen molar-refractivity contribution >= 4 is 45.4 Å². The number of para-hydroxylation sites is 2. The molecule has 9 heteroatoms. The van der Waals surface area contributed by atoms with E-state index in [2.05, 4.69) is 15.5 Å². The van der Waals surface area contributed by atoms with E-state index in [1.54, 1.807) is 36.4 Å². The number of phenolic OH excluding ortho intramolecular Hbond substituents is 1. The number of aromatic hydroxyl groups is 2. The molecule has 0 saturated heterocycles. The van der Waals surface area contributed by atoms with Crippen LogP contribution < -0.4 is 10.2 Å². The number of phenols is 2. The summed E-state index contributed by atoms with van der Waals surface area (Å²) in [7, 11) is 3.71. The minimum Gasteiger partial charge on any atom is -0.507 e. The van der Waals surface area contributed by atoms with Crippen molar-refractivity contribution in [2.24, 2.45) is 10.2 Å². The van der Waals surface area contributed by atoms with Gasteiger partial charge in [-0.3, -0.25) is 4.79 Å². The van der Waals surface area contributed by atoms with Gasteiger partial charge < -0.3 is 25.5 Å². The molecular formula is C26H22N4O5. The normalized spacial score (nSPS) is 11.0. The van der Waals surface area contributed by atoms with Gasteiger partial charge in [0.2, 0.25) is 0 Å². The molecule has 0 aliphatic carbocycles. The van der Waals surface area contributed by atoms with Gasteiger partial charge in [-0.1, -0.05) is 36.4 Å². The summed E-state index contributed by atoms with van der Waals surface area (Å²) in [6, 6.07) is 19.4. The fourth-order valence-corrected chi connectivity index (χ4v) is 3.62. The van der Waals surface area contributed by atoms with E-state index in [0.717, 1.165) is 5.69 Å². The number of nitrogens with zero attached hydrogens (tertiary/aromatic N) is 3. The third kappa shape index (κ3) is 4.74. The van der Waals surface area contributed by atoms with E-state index in [1.165, 1.54) is 24.3 Å². The lowest BCUT2D eigenvalue weighted by Crippen LogP contribution is -2.16. The highest BCUT2D eigenvalue weighted by atomic mass is 16.4. The fraction of sp³-hybridized carbons (Fsp3) is 0.0769. The number of amides is 1. The van der Waals surface area contributed by atoms with Crippen LogP contribution in [0, 0.1) is 0 Å². The second kappa shape index (κ2) is 9.52. The van der Waals surface area contributed by atoms with Crippen LogP contribution in [-0.4, -0.2) is 41.3 Å². The number of carboxylic acids is 1. The molecule has 0 aliphatic rings. The van der Waals surface area contributed by atoms with Gasteiger partial charge in [0.25, 0.3) is 5.91 Å². The second-order valence-electron chi connectivity index (χ2n) is 7.91. The number of anilines is 2. The monoisotopic (exact) mass is 470 g/mol. The van der Waals surface area contributed by atoms with E-state index in [1.807, 2.05) is 31.1 Å². The molecule has 0 aromatic heterocycles. The molecule has 0 aliphatic heterocycles. The molecule has 0 heterocycles. The zero-order chi connectivity index (χ0) is 25.1. The van der Waals surface area contributed by atoms with Crippen LogP contribution in [0.3, 0.4) is 0 Å². The largest absolute Gasteiger partial charge is 0.507 e. The molecule has 9 nitrogen and oxygen atoms in total. The van der Waals surface area contributed by atoms with Gasteiger partial charge in [-0.15, -0.1) is 5.11 Å². The maximum absolute atomic E-state index is 13.2. The molecule has 0 saturated carbocycles. The zero-order valence-corrected chi connectivity index (χ0v) is 18.9. The number of azo groups is 1. The summed E-state index contributed by atoms with van der Waals surface area (Å²) in [6.07, 6.45) is 0. The first-order valence-electron chi connectivity index (χ1n) is 10.6. The molecule has 4 rings (SSSR count). The maximum atomic E-state index is 13.2. The van der Waals surface area contributed by atoms with Crippen molar-refractivity contribution in [2.45, 2.75) is 0 Å². The highest BCUT2D eigenvalue weighted by Crippen LogP contribution is 2.38. The molecule has 0 unspecified atom stereocenters. The average Bonchev–Trinajstić information content (AvgIpc) is 2.84. The minimum absolute atomic E-state index is 0.00291. The SMILES string of the molecule is CN(C)c1ccccc1NC(=O)c1cc(N=Nc2ccc(O)c(C(=O)O)c2)c2ccccc2c1O. The fourth-order valence-electron chi connectivity index (χ4n) is 3.62.